The SMILES string of the molecule is CC(Sc1nc(Nc2ccccc2)c2ccccc2n1)C(=O)NC1CCS(=O)(=O)C1. The minimum Gasteiger partial charge on any atom is -0.351 e. The summed E-state index contributed by atoms with van der Waals surface area (Å²) >= 11 is 1.25. The van der Waals surface area contributed by atoms with E-state index in [1.807, 2.05) is 54.6 Å². The fourth-order valence-electron chi connectivity index (χ4n) is 3.30. The summed E-state index contributed by atoms with van der Waals surface area (Å²) < 4.78 is 23.2. The molecule has 2 N–H and O–H groups in total. The Hall–Kier alpha value is -2.65. The van der Waals surface area contributed by atoms with Gasteiger partial charge >= 0.3 is 0 Å². The average Bonchev–Trinajstić information content (AvgIpc) is 3.07. The van der Waals surface area contributed by atoms with Gasteiger partial charge in [0.05, 0.1) is 22.3 Å². The van der Waals surface area contributed by atoms with E-state index in [1.54, 1.807) is 6.92 Å². The van der Waals surface area contributed by atoms with E-state index in [0.717, 1.165) is 16.6 Å². The van der Waals surface area contributed by atoms with Gasteiger partial charge in [0.2, 0.25) is 5.91 Å². The van der Waals surface area contributed by atoms with Crippen molar-refractivity contribution in [1.29, 1.82) is 0 Å². The molecule has 1 aliphatic rings. The van der Waals surface area contributed by atoms with Crippen LogP contribution < -0.4 is 10.6 Å². The molecule has 2 atom stereocenters. The number of amides is 1. The van der Waals surface area contributed by atoms with Gasteiger partial charge in [0.25, 0.3) is 0 Å². The summed E-state index contributed by atoms with van der Waals surface area (Å²) in [5.41, 5.74) is 1.69. The molecule has 1 fully saturated rings. The zero-order chi connectivity index (χ0) is 21.1. The first-order valence-electron chi connectivity index (χ1n) is 9.66. The van der Waals surface area contributed by atoms with Crippen LogP contribution in [-0.4, -0.2) is 47.1 Å². The number of aromatic nitrogens is 2. The van der Waals surface area contributed by atoms with Gasteiger partial charge in [-0.1, -0.05) is 42.1 Å². The second-order valence-corrected chi connectivity index (χ2v) is 10.8. The molecule has 0 radical (unpaired) electrons. The van der Waals surface area contributed by atoms with E-state index in [2.05, 4.69) is 20.6 Å². The quantitative estimate of drug-likeness (QED) is 0.447. The number of para-hydroxylation sites is 2. The van der Waals surface area contributed by atoms with Crippen molar-refractivity contribution < 1.29 is 13.2 Å². The van der Waals surface area contributed by atoms with Crippen molar-refractivity contribution in [2.75, 3.05) is 16.8 Å². The number of hydrogen-bond acceptors (Lipinski definition) is 7. The van der Waals surface area contributed by atoms with Gasteiger partial charge in [0, 0.05) is 17.1 Å². The summed E-state index contributed by atoms with van der Waals surface area (Å²) in [7, 11) is -3.04. The van der Waals surface area contributed by atoms with E-state index in [-0.39, 0.29) is 23.5 Å². The summed E-state index contributed by atoms with van der Waals surface area (Å²) in [6.07, 6.45) is 0.461. The molecule has 1 aliphatic heterocycles. The van der Waals surface area contributed by atoms with E-state index < -0.39 is 15.1 Å². The molecule has 3 aromatic rings. The minimum atomic E-state index is -3.04. The average molecular weight is 443 g/mol. The summed E-state index contributed by atoms with van der Waals surface area (Å²) in [4.78, 5) is 21.8. The van der Waals surface area contributed by atoms with Crippen molar-refractivity contribution >= 4 is 49.9 Å². The van der Waals surface area contributed by atoms with Crippen LogP contribution in [0.15, 0.2) is 59.8 Å². The minimum absolute atomic E-state index is 0.00768. The molecule has 0 spiro atoms. The highest BCUT2D eigenvalue weighted by Crippen LogP contribution is 2.28. The van der Waals surface area contributed by atoms with Crippen LogP contribution in [0.25, 0.3) is 10.9 Å². The van der Waals surface area contributed by atoms with Gasteiger partial charge in [-0.3, -0.25) is 4.79 Å². The van der Waals surface area contributed by atoms with Gasteiger partial charge in [-0.15, -0.1) is 0 Å². The molecular weight excluding hydrogens is 420 g/mol. The molecule has 9 heteroatoms. The number of nitrogens with one attached hydrogen (secondary N) is 2. The molecule has 1 aromatic heterocycles. The van der Waals surface area contributed by atoms with Gasteiger partial charge < -0.3 is 10.6 Å². The summed E-state index contributed by atoms with van der Waals surface area (Å²) in [5.74, 6) is 0.593. The van der Waals surface area contributed by atoms with Crippen LogP contribution >= 0.6 is 11.8 Å². The maximum absolute atomic E-state index is 12.6. The largest absolute Gasteiger partial charge is 0.351 e. The molecule has 2 aromatic carbocycles. The van der Waals surface area contributed by atoms with Crippen molar-refractivity contribution in [2.45, 2.75) is 29.8 Å². The highest BCUT2D eigenvalue weighted by Gasteiger charge is 2.30. The number of anilines is 2. The standard InChI is InChI=1S/C21H22N4O3S2/c1-14(20(26)23-16-11-12-30(27,28)13-16)29-21-24-18-10-6-5-9-17(18)19(25-21)22-15-7-3-2-4-8-15/h2-10,14,16H,11-13H2,1H3,(H,23,26)(H,22,24,25). The lowest BCUT2D eigenvalue weighted by Gasteiger charge is -2.16. The van der Waals surface area contributed by atoms with Gasteiger partial charge in [-0.05, 0) is 37.6 Å². The fraction of sp³-hybridized carbons (Fsp3) is 0.286. The first kappa shape index (κ1) is 20.6. The maximum Gasteiger partial charge on any atom is 0.233 e. The molecule has 4 rings (SSSR count). The zero-order valence-corrected chi connectivity index (χ0v) is 18.0. The zero-order valence-electron chi connectivity index (χ0n) is 16.4. The van der Waals surface area contributed by atoms with Gasteiger partial charge in [-0.2, -0.15) is 0 Å². The molecule has 2 heterocycles. The molecule has 0 aliphatic carbocycles. The predicted octanol–water partition coefficient (Wildman–Crippen LogP) is 3.16. The Morgan fingerprint density at radius 1 is 1.10 bits per heavy atom. The number of carbonyl (C=O) groups is 1. The van der Waals surface area contributed by atoms with Crippen LogP contribution in [0.4, 0.5) is 11.5 Å². The lowest BCUT2D eigenvalue weighted by molar-refractivity contribution is -0.120. The Bertz CT molecular complexity index is 1170. The normalized spacial score (nSPS) is 18.8. The number of hydrogen-bond donors (Lipinski definition) is 2. The summed E-state index contributed by atoms with van der Waals surface area (Å²) in [6.45, 7) is 1.77. The van der Waals surface area contributed by atoms with Gasteiger partial charge in [0.15, 0.2) is 15.0 Å². The van der Waals surface area contributed by atoms with Crippen LogP contribution in [0.2, 0.25) is 0 Å². The van der Waals surface area contributed by atoms with Crippen LogP contribution in [0, 0.1) is 0 Å². The molecule has 2 unspecified atom stereocenters. The number of rotatable bonds is 6. The fourth-order valence-corrected chi connectivity index (χ4v) is 5.76. The second kappa shape index (κ2) is 8.61. The number of carbonyl (C=O) groups excluding carboxylic acids is 1. The van der Waals surface area contributed by atoms with E-state index >= 15 is 0 Å². The highest BCUT2D eigenvalue weighted by molar-refractivity contribution is 8.00. The Balaban J connectivity index is 1.53. The second-order valence-electron chi connectivity index (χ2n) is 7.23. The number of sulfone groups is 1. The topological polar surface area (TPSA) is 101 Å². The van der Waals surface area contributed by atoms with Crippen molar-refractivity contribution in [2.24, 2.45) is 0 Å². The van der Waals surface area contributed by atoms with Gasteiger partial charge in [-0.25, -0.2) is 18.4 Å². The first-order valence-corrected chi connectivity index (χ1v) is 12.4. The van der Waals surface area contributed by atoms with Crippen LogP contribution in [0.5, 0.6) is 0 Å². The third-order valence-electron chi connectivity index (χ3n) is 4.85. The number of benzene rings is 2. The van der Waals surface area contributed by atoms with Crippen LogP contribution in [0.1, 0.15) is 13.3 Å². The van der Waals surface area contributed by atoms with E-state index in [9.17, 15) is 13.2 Å². The molecule has 0 saturated carbocycles. The Labute approximate surface area is 179 Å². The van der Waals surface area contributed by atoms with Crippen LogP contribution in [0.3, 0.4) is 0 Å². The summed E-state index contributed by atoms with van der Waals surface area (Å²) in [5, 5.41) is 7.07. The van der Waals surface area contributed by atoms with Crippen molar-refractivity contribution in [3.63, 3.8) is 0 Å². The Morgan fingerprint density at radius 3 is 2.57 bits per heavy atom. The molecule has 156 valence electrons. The van der Waals surface area contributed by atoms with Crippen LogP contribution in [-0.2, 0) is 14.6 Å². The highest BCUT2D eigenvalue weighted by atomic mass is 32.2. The van der Waals surface area contributed by atoms with E-state index in [1.165, 1.54) is 11.8 Å². The lowest BCUT2D eigenvalue weighted by Crippen LogP contribution is -2.40. The molecule has 1 amide bonds. The molecule has 1 saturated heterocycles. The maximum atomic E-state index is 12.6. The monoisotopic (exact) mass is 442 g/mol. The third kappa shape index (κ3) is 4.91. The van der Waals surface area contributed by atoms with Crippen molar-refractivity contribution in [3.8, 4) is 0 Å². The molecule has 0 bridgehead atoms. The first-order chi connectivity index (χ1) is 14.4. The van der Waals surface area contributed by atoms with E-state index in [4.69, 9.17) is 0 Å². The van der Waals surface area contributed by atoms with Gasteiger partial charge in [0.1, 0.15) is 5.82 Å². The van der Waals surface area contributed by atoms with E-state index in [0.29, 0.717) is 17.4 Å². The number of fused-ring (bicyclic) bond motifs is 1. The Morgan fingerprint density at radius 2 is 1.83 bits per heavy atom. The van der Waals surface area contributed by atoms with Crippen molar-refractivity contribution in [3.05, 3.63) is 54.6 Å². The van der Waals surface area contributed by atoms with Crippen molar-refractivity contribution in [1.82, 2.24) is 15.3 Å². The predicted molar refractivity (Wildman–Crippen MR) is 120 cm³/mol. The molecule has 30 heavy (non-hydrogen) atoms. The number of nitrogens with zero attached hydrogens (tertiary/aromatic N) is 2. The third-order valence-corrected chi connectivity index (χ3v) is 7.58. The smallest absolute Gasteiger partial charge is 0.233 e. The number of thioether (sulfide) groups is 1. The Kier molecular flexibility index (Phi) is 5.92. The summed E-state index contributed by atoms with van der Waals surface area (Å²) in [6, 6.07) is 17.1. The molecular formula is C21H22N4O3S2. The lowest BCUT2D eigenvalue weighted by atomic mass is 10.2. The molecule has 7 nitrogen and oxygen atoms in total.